The van der Waals surface area contributed by atoms with E-state index in [9.17, 15) is 4.79 Å². The Balaban J connectivity index is 1.52. The molecular formula is C25H25N3OS. The smallest absolute Gasteiger partial charge is 0.227 e. The van der Waals surface area contributed by atoms with Crippen molar-refractivity contribution in [3.05, 3.63) is 95.6 Å². The Labute approximate surface area is 182 Å². The summed E-state index contributed by atoms with van der Waals surface area (Å²) in [6.07, 6.45) is 1.53. The fourth-order valence-electron chi connectivity index (χ4n) is 3.73. The van der Waals surface area contributed by atoms with Gasteiger partial charge in [0.25, 0.3) is 0 Å². The molecule has 0 spiro atoms. The number of carbonyl (C=O) groups is 1. The summed E-state index contributed by atoms with van der Waals surface area (Å²) in [5, 5.41) is 7.28. The lowest BCUT2D eigenvalue weighted by atomic mass is 9.98. The van der Waals surface area contributed by atoms with Gasteiger partial charge < -0.3 is 15.5 Å². The van der Waals surface area contributed by atoms with Gasteiger partial charge in [-0.1, -0.05) is 66.2 Å². The zero-order valence-corrected chi connectivity index (χ0v) is 17.8. The van der Waals surface area contributed by atoms with Crippen molar-refractivity contribution < 1.29 is 4.79 Å². The number of anilines is 2. The highest BCUT2D eigenvalue weighted by molar-refractivity contribution is 7.80. The normalized spacial score (nSPS) is 14.4. The highest BCUT2D eigenvalue weighted by atomic mass is 32.1. The molecule has 0 aromatic heterocycles. The first-order chi connectivity index (χ1) is 14.6. The van der Waals surface area contributed by atoms with E-state index in [1.165, 1.54) is 5.56 Å². The second-order valence-electron chi connectivity index (χ2n) is 7.55. The summed E-state index contributed by atoms with van der Waals surface area (Å²) in [5.74, 6) is 0.177. The van der Waals surface area contributed by atoms with Crippen LogP contribution in [-0.2, 0) is 4.79 Å². The van der Waals surface area contributed by atoms with Crippen molar-refractivity contribution in [2.45, 2.75) is 25.8 Å². The van der Waals surface area contributed by atoms with Crippen LogP contribution in [0.25, 0.3) is 0 Å². The molecule has 3 aromatic carbocycles. The van der Waals surface area contributed by atoms with Crippen LogP contribution in [0.3, 0.4) is 0 Å². The Morgan fingerprint density at radius 1 is 0.967 bits per heavy atom. The second kappa shape index (κ2) is 9.09. The molecule has 0 bridgehead atoms. The number of nitrogens with zero attached hydrogens (tertiary/aromatic N) is 1. The van der Waals surface area contributed by atoms with Gasteiger partial charge in [0.2, 0.25) is 5.91 Å². The summed E-state index contributed by atoms with van der Waals surface area (Å²) in [4.78, 5) is 13.9. The van der Waals surface area contributed by atoms with Gasteiger partial charge in [-0.05, 0) is 54.9 Å². The molecule has 1 saturated heterocycles. The van der Waals surface area contributed by atoms with E-state index in [1.807, 2.05) is 47.4 Å². The number of benzene rings is 3. The van der Waals surface area contributed by atoms with Crippen molar-refractivity contribution in [3.8, 4) is 0 Å². The largest absolute Gasteiger partial charge is 0.352 e. The van der Waals surface area contributed by atoms with Gasteiger partial charge in [-0.25, -0.2) is 0 Å². The van der Waals surface area contributed by atoms with Crippen molar-refractivity contribution in [1.82, 2.24) is 5.32 Å². The Hall–Kier alpha value is -3.18. The summed E-state index contributed by atoms with van der Waals surface area (Å²) in [7, 11) is 0. The average molecular weight is 416 g/mol. The van der Waals surface area contributed by atoms with Crippen molar-refractivity contribution >= 4 is 34.6 Å². The molecule has 1 aliphatic rings. The lowest BCUT2D eigenvalue weighted by Gasteiger charge is -2.23. The van der Waals surface area contributed by atoms with Gasteiger partial charge in [0.05, 0.1) is 6.04 Å². The maximum absolute atomic E-state index is 12.1. The first-order valence-electron chi connectivity index (χ1n) is 10.2. The quantitative estimate of drug-likeness (QED) is 0.563. The molecule has 4 rings (SSSR count). The van der Waals surface area contributed by atoms with E-state index in [1.54, 1.807) is 0 Å². The third-order valence-electron chi connectivity index (χ3n) is 5.31. The Bertz CT molecular complexity index is 1030. The summed E-state index contributed by atoms with van der Waals surface area (Å²) < 4.78 is 0. The average Bonchev–Trinajstić information content (AvgIpc) is 3.19. The molecule has 1 fully saturated rings. The van der Waals surface area contributed by atoms with Gasteiger partial charge in [0.1, 0.15) is 0 Å². The van der Waals surface area contributed by atoms with Gasteiger partial charge in [-0.15, -0.1) is 0 Å². The van der Waals surface area contributed by atoms with Crippen molar-refractivity contribution in [2.75, 3.05) is 16.8 Å². The Kier molecular flexibility index (Phi) is 6.10. The number of carbonyl (C=O) groups excluding carboxylic acids is 1. The topological polar surface area (TPSA) is 44.4 Å². The van der Waals surface area contributed by atoms with Gasteiger partial charge in [0.15, 0.2) is 5.11 Å². The number of hydrogen-bond donors (Lipinski definition) is 2. The standard InChI is InChI=1S/C25H25N3OS/c1-18-12-14-20(15-13-18)24(19-7-3-2-4-8-19)27-25(30)26-21-9-5-10-22(17-21)28-16-6-11-23(28)29/h2-5,7-10,12-15,17,24H,6,11,16H2,1H3,(H2,26,27,30)/t24-/m1/s1. The Morgan fingerprint density at radius 2 is 1.70 bits per heavy atom. The zero-order chi connectivity index (χ0) is 20.9. The van der Waals surface area contributed by atoms with Crippen LogP contribution in [0.1, 0.15) is 35.6 Å². The first-order valence-corrected chi connectivity index (χ1v) is 10.6. The van der Waals surface area contributed by atoms with Gasteiger partial charge >= 0.3 is 0 Å². The number of nitrogens with one attached hydrogen (secondary N) is 2. The fraction of sp³-hybridized carbons (Fsp3) is 0.200. The molecule has 3 aromatic rings. The third-order valence-corrected chi connectivity index (χ3v) is 5.53. The SMILES string of the molecule is Cc1ccc([C@H](NC(=S)Nc2cccc(N3CCCC3=O)c2)c2ccccc2)cc1. The number of hydrogen-bond acceptors (Lipinski definition) is 2. The first kappa shape index (κ1) is 20.1. The van der Waals surface area contributed by atoms with E-state index >= 15 is 0 Å². The maximum atomic E-state index is 12.1. The molecule has 1 heterocycles. The molecule has 0 unspecified atom stereocenters. The van der Waals surface area contributed by atoms with E-state index in [2.05, 4.69) is 54.0 Å². The van der Waals surface area contributed by atoms with Crippen LogP contribution in [0.2, 0.25) is 0 Å². The van der Waals surface area contributed by atoms with Crippen LogP contribution < -0.4 is 15.5 Å². The van der Waals surface area contributed by atoms with Crippen LogP contribution in [0.4, 0.5) is 11.4 Å². The van der Waals surface area contributed by atoms with Gasteiger partial charge in [0, 0.05) is 24.3 Å². The van der Waals surface area contributed by atoms with E-state index < -0.39 is 0 Å². The molecule has 4 nitrogen and oxygen atoms in total. The lowest BCUT2D eigenvalue weighted by molar-refractivity contribution is -0.117. The number of thiocarbonyl (C=S) groups is 1. The molecule has 5 heteroatoms. The van der Waals surface area contributed by atoms with Crippen LogP contribution in [0.15, 0.2) is 78.9 Å². The summed E-state index contributed by atoms with van der Waals surface area (Å²) >= 11 is 5.64. The minimum absolute atomic E-state index is 0.0601. The van der Waals surface area contributed by atoms with Crippen LogP contribution in [0.5, 0.6) is 0 Å². The third kappa shape index (κ3) is 4.69. The maximum Gasteiger partial charge on any atom is 0.227 e. The second-order valence-corrected chi connectivity index (χ2v) is 7.96. The van der Waals surface area contributed by atoms with Gasteiger partial charge in [-0.2, -0.15) is 0 Å². The molecule has 1 amide bonds. The molecule has 1 aliphatic heterocycles. The van der Waals surface area contributed by atoms with Crippen LogP contribution >= 0.6 is 12.2 Å². The predicted octanol–water partition coefficient (Wildman–Crippen LogP) is 5.20. The lowest BCUT2D eigenvalue weighted by Crippen LogP contribution is -2.33. The monoisotopic (exact) mass is 415 g/mol. The molecule has 0 aliphatic carbocycles. The summed E-state index contributed by atoms with van der Waals surface area (Å²) in [6, 6.07) is 26.5. The minimum atomic E-state index is -0.0601. The van der Waals surface area contributed by atoms with E-state index in [0.29, 0.717) is 11.5 Å². The zero-order valence-electron chi connectivity index (χ0n) is 17.0. The number of amides is 1. The van der Waals surface area contributed by atoms with E-state index in [0.717, 1.165) is 35.5 Å². The molecule has 30 heavy (non-hydrogen) atoms. The molecular weight excluding hydrogens is 390 g/mol. The molecule has 2 N–H and O–H groups in total. The van der Waals surface area contributed by atoms with E-state index in [4.69, 9.17) is 12.2 Å². The number of rotatable bonds is 5. The number of aryl methyl sites for hydroxylation is 1. The molecule has 1 atom stereocenters. The van der Waals surface area contributed by atoms with Crippen LogP contribution in [-0.4, -0.2) is 17.6 Å². The molecule has 152 valence electrons. The minimum Gasteiger partial charge on any atom is -0.352 e. The molecule has 0 saturated carbocycles. The van der Waals surface area contributed by atoms with Crippen molar-refractivity contribution in [2.24, 2.45) is 0 Å². The fourth-order valence-corrected chi connectivity index (χ4v) is 3.97. The Morgan fingerprint density at radius 3 is 2.40 bits per heavy atom. The van der Waals surface area contributed by atoms with E-state index in [-0.39, 0.29) is 11.9 Å². The van der Waals surface area contributed by atoms with Gasteiger partial charge in [-0.3, -0.25) is 4.79 Å². The summed E-state index contributed by atoms with van der Waals surface area (Å²) in [6.45, 7) is 2.85. The highest BCUT2D eigenvalue weighted by Crippen LogP contribution is 2.25. The van der Waals surface area contributed by atoms with Crippen molar-refractivity contribution in [1.29, 1.82) is 0 Å². The van der Waals surface area contributed by atoms with Crippen molar-refractivity contribution in [3.63, 3.8) is 0 Å². The summed E-state index contributed by atoms with van der Waals surface area (Å²) in [5.41, 5.74) is 5.28. The predicted molar refractivity (Wildman–Crippen MR) is 127 cm³/mol. The van der Waals surface area contributed by atoms with Crippen LogP contribution in [0, 0.1) is 6.92 Å². The molecule has 0 radical (unpaired) electrons. The highest BCUT2D eigenvalue weighted by Gasteiger charge is 2.22.